The fourth-order valence-corrected chi connectivity index (χ4v) is 2.39. The molecule has 2 N–H and O–H groups in total. The van der Waals surface area contributed by atoms with Gasteiger partial charge in [-0.3, -0.25) is 9.69 Å². The maximum absolute atomic E-state index is 12.5. The van der Waals surface area contributed by atoms with Gasteiger partial charge in [0.2, 0.25) is 0 Å². The van der Waals surface area contributed by atoms with E-state index in [1.165, 1.54) is 0 Å². The fraction of sp³-hybridized carbons (Fsp3) is 0.438. The maximum Gasteiger partial charge on any atom is 0.254 e. The molecule has 0 spiro atoms. The molecule has 1 aromatic rings. The minimum atomic E-state index is 0.00473. The van der Waals surface area contributed by atoms with Crippen LogP contribution in [0.25, 0.3) is 0 Å². The SMILES string of the molecule is C#CCN1CCN(C(=O)c2ccc(OCC)c(N)c2)CC1. The zero-order valence-electron chi connectivity index (χ0n) is 12.3. The molecule has 5 heteroatoms. The van der Waals surface area contributed by atoms with E-state index in [-0.39, 0.29) is 5.91 Å². The highest BCUT2D eigenvalue weighted by Crippen LogP contribution is 2.23. The molecule has 0 aromatic heterocycles. The first kappa shape index (κ1) is 15.2. The number of rotatable bonds is 4. The van der Waals surface area contributed by atoms with E-state index in [9.17, 15) is 4.79 Å². The molecule has 0 radical (unpaired) electrons. The van der Waals surface area contributed by atoms with Gasteiger partial charge in [-0.2, -0.15) is 0 Å². The fourth-order valence-electron chi connectivity index (χ4n) is 2.39. The number of carbonyl (C=O) groups excluding carboxylic acids is 1. The van der Waals surface area contributed by atoms with Crippen molar-refractivity contribution in [3.05, 3.63) is 23.8 Å². The van der Waals surface area contributed by atoms with Gasteiger partial charge in [-0.15, -0.1) is 6.42 Å². The van der Waals surface area contributed by atoms with E-state index in [0.717, 1.165) is 13.1 Å². The summed E-state index contributed by atoms with van der Waals surface area (Å²) in [6.07, 6.45) is 5.30. The number of nitrogen functional groups attached to an aromatic ring is 1. The van der Waals surface area contributed by atoms with E-state index in [1.807, 2.05) is 11.8 Å². The minimum Gasteiger partial charge on any atom is -0.492 e. The molecule has 0 aliphatic carbocycles. The van der Waals surface area contributed by atoms with Gasteiger partial charge in [-0.1, -0.05) is 5.92 Å². The molecule has 1 fully saturated rings. The summed E-state index contributed by atoms with van der Waals surface area (Å²) in [4.78, 5) is 16.5. The second kappa shape index (κ2) is 7.00. The quantitative estimate of drug-likeness (QED) is 0.664. The summed E-state index contributed by atoms with van der Waals surface area (Å²) in [6.45, 7) is 6.08. The molecule has 1 saturated heterocycles. The lowest BCUT2D eigenvalue weighted by Gasteiger charge is -2.33. The molecule has 21 heavy (non-hydrogen) atoms. The van der Waals surface area contributed by atoms with Crippen molar-refractivity contribution in [3.63, 3.8) is 0 Å². The van der Waals surface area contributed by atoms with Crippen molar-refractivity contribution in [3.8, 4) is 18.1 Å². The third-order valence-electron chi connectivity index (χ3n) is 3.53. The molecule has 1 aromatic carbocycles. The van der Waals surface area contributed by atoms with Gasteiger partial charge in [-0.25, -0.2) is 0 Å². The van der Waals surface area contributed by atoms with Crippen LogP contribution in [0.4, 0.5) is 5.69 Å². The second-order valence-electron chi connectivity index (χ2n) is 4.96. The summed E-state index contributed by atoms with van der Waals surface area (Å²) in [5.41, 5.74) is 7.00. The molecule has 112 valence electrons. The minimum absolute atomic E-state index is 0.00473. The number of carbonyl (C=O) groups is 1. The molecule has 1 amide bonds. The van der Waals surface area contributed by atoms with Crippen LogP contribution in [0.1, 0.15) is 17.3 Å². The van der Waals surface area contributed by atoms with Gasteiger partial charge in [0.25, 0.3) is 5.91 Å². The van der Waals surface area contributed by atoms with Crippen LogP contribution in [0.3, 0.4) is 0 Å². The van der Waals surface area contributed by atoms with Crippen molar-refractivity contribution in [1.29, 1.82) is 0 Å². The van der Waals surface area contributed by atoms with E-state index < -0.39 is 0 Å². The smallest absolute Gasteiger partial charge is 0.254 e. The van der Waals surface area contributed by atoms with Crippen LogP contribution in [-0.2, 0) is 0 Å². The van der Waals surface area contributed by atoms with Crippen molar-refractivity contribution in [1.82, 2.24) is 9.80 Å². The van der Waals surface area contributed by atoms with Gasteiger partial charge in [0.1, 0.15) is 5.75 Å². The summed E-state index contributed by atoms with van der Waals surface area (Å²) in [6, 6.07) is 5.19. The Morgan fingerprint density at radius 1 is 1.38 bits per heavy atom. The Hall–Kier alpha value is -2.19. The average Bonchev–Trinajstić information content (AvgIpc) is 2.50. The lowest BCUT2D eigenvalue weighted by Crippen LogP contribution is -2.48. The first-order valence-corrected chi connectivity index (χ1v) is 7.13. The zero-order valence-corrected chi connectivity index (χ0v) is 12.3. The third-order valence-corrected chi connectivity index (χ3v) is 3.53. The van der Waals surface area contributed by atoms with Crippen molar-refractivity contribution >= 4 is 11.6 Å². The third kappa shape index (κ3) is 3.67. The Kier molecular flexibility index (Phi) is 5.07. The second-order valence-corrected chi connectivity index (χ2v) is 4.96. The van der Waals surface area contributed by atoms with Gasteiger partial charge in [-0.05, 0) is 25.1 Å². The number of hydrogen-bond donors (Lipinski definition) is 1. The lowest BCUT2D eigenvalue weighted by molar-refractivity contribution is 0.0652. The number of hydrogen-bond acceptors (Lipinski definition) is 4. The van der Waals surface area contributed by atoms with Crippen molar-refractivity contribution in [2.75, 3.05) is 45.1 Å². The number of ether oxygens (including phenoxy) is 1. The zero-order chi connectivity index (χ0) is 15.2. The molecule has 1 aliphatic rings. The normalized spacial score (nSPS) is 15.5. The molecule has 0 unspecified atom stereocenters. The summed E-state index contributed by atoms with van der Waals surface area (Å²) in [5.74, 6) is 3.25. The predicted octanol–water partition coefficient (Wildman–Crippen LogP) is 1.06. The Labute approximate surface area is 125 Å². The highest BCUT2D eigenvalue weighted by Gasteiger charge is 2.22. The number of nitrogens with two attached hydrogens (primary N) is 1. The van der Waals surface area contributed by atoms with Gasteiger partial charge in [0.05, 0.1) is 18.8 Å². The number of anilines is 1. The first-order chi connectivity index (χ1) is 10.2. The standard InChI is InChI=1S/C16H21N3O2/c1-3-7-18-8-10-19(11-9-18)16(20)13-5-6-15(21-4-2)14(17)12-13/h1,5-6,12H,4,7-11,17H2,2H3. The van der Waals surface area contributed by atoms with E-state index in [4.69, 9.17) is 16.9 Å². The average molecular weight is 287 g/mol. The monoisotopic (exact) mass is 287 g/mol. The maximum atomic E-state index is 12.5. The molecular weight excluding hydrogens is 266 g/mol. The highest BCUT2D eigenvalue weighted by atomic mass is 16.5. The number of amides is 1. The van der Waals surface area contributed by atoms with Crippen molar-refractivity contribution in [2.45, 2.75) is 6.92 Å². The lowest BCUT2D eigenvalue weighted by atomic mass is 10.1. The number of benzene rings is 1. The molecule has 1 aliphatic heterocycles. The van der Waals surface area contributed by atoms with Gasteiger partial charge < -0.3 is 15.4 Å². The molecule has 0 bridgehead atoms. The van der Waals surface area contributed by atoms with Gasteiger partial charge in [0.15, 0.2) is 0 Å². The van der Waals surface area contributed by atoms with Crippen molar-refractivity contribution < 1.29 is 9.53 Å². The highest BCUT2D eigenvalue weighted by molar-refractivity contribution is 5.95. The molecule has 2 rings (SSSR count). The van der Waals surface area contributed by atoms with Crippen LogP contribution in [0, 0.1) is 12.3 Å². The van der Waals surface area contributed by atoms with Gasteiger partial charge in [0, 0.05) is 31.7 Å². The number of piperazine rings is 1. The Morgan fingerprint density at radius 3 is 2.67 bits per heavy atom. The molecule has 1 heterocycles. The topological polar surface area (TPSA) is 58.8 Å². The van der Waals surface area contributed by atoms with Gasteiger partial charge >= 0.3 is 0 Å². The predicted molar refractivity (Wildman–Crippen MR) is 83.2 cm³/mol. The van der Waals surface area contributed by atoms with Crippen LogP contribution in [-0.4, -0.2) is 55.0 Å². The molecule has 5 nitrogen and oxygen atoms in total. The van der Waals surface area contributed by atoms with Crippen LogP contribution in [0.5, 0.6) is 5.75 Å². The largest absolute Gasteiger partial charge is 0.492 e. The van der Waals surface area contributed by atoms with Crippen LogP contribution in [0.2, 0.25) is 0 Å². The Bertz CT molecular complexity index is 543. The van der Waals surface area contributed by atoms with Crippen molar-refractivity contribution in [2.24, 2.45) is 0 Å². The first-order valence-electron chi connectivity index (χ1n) is 7.13. The van der Waals surface area contributed by atoms with Crippen LogP contribution < -0.4 is 10.5 Å². The summed E-state index contributed by atoms with van der Waals surface area (Å²) in [7, 11) is 0. The summed E-state index contributed by atoms with van der Waals surface area (Å²) < 4.78 is 5.38. The van der Waals surface area contributed by atoms with E-state index >= 15 is 0 Å². The Balaban J connectivity index is 2.01. The van der Waals surface area contributed by atoms with E-state index in [2.05, 4.69) is 10.8 Å². The molecule has 0 atom stereocenters. The Morgan fingerprint density at radius 2 is 2.10 bits per heavy atom. The van der Waals surface area contributed by atoms with E-state index in [0.29, 0.717) is 43.2 Å². The van der Waals surface area contributed by atoms with Crippen LogP contribution >= 0.6 is 0 Å². The molecular formula is C16H21N3O2. The number of terminal acetylenes is 1. The van der Waals surface area contributed by atoms with Crippen LogP contribution in [0.15, 0.2) is 18.2 Å². The van der Waals surface area contributed by atoms with E-state index in [1.54, 1.807) is 18.2 Å². The number of nitrogens with zero attached hydrogens (tertiary/aromatic N) is 2. The summed E-state index contributed by atoms with van der Waals surface area (Å²) >= 11 is 0. The summed E-state index contributed by atoms with van der Waals surface area (Å²) in [5, 5.41) is 0. The molecule has 0 saturated carbocycles.